The summed E-state index contributed by atoms with van der Waals surface area (Å²) < 4.78 is 0. The standard InChI is InChI=1S/C20H27N3O2/c1-15(2)23-18-10-6-9-17(11-18)13-21-20(25)22-14-19(24)12-16-7-4-3-5-8-16/h3-11,15,19,23-24H,12-14H2,1-2H3,(H2,21,22,25). The molecule has 0 aromatic heterocycles. The first-order valence-electron chi connectivity index (χ1n) is 8.62. The lowest BCUT2D eigenvalue weighted by molar-refractivity contribution is 0.170. The number of nitrogens with one attached hydrogen (secondary N) is 3. The molecule has 2 amide bonds. The van der Waals surface area contributed by atoms with E-state index in [2.05, 4.69) is 29.8 Å². The predicted octanol–water partition coefficient (Wildman–Crippen LogP) is 2.91. The van der Waals surface area contributed by atoms with E-state index in [-0.39, 0.29) is 12.6 Å². The van der Waals surface area contributed by atoms with Gasteiger partial charge in [0.1, 0.15) is 0 Å². The zero-order valence-corrected chi connectivity index (χ0v) is 14.8. The van der Waals surface area contributed by atoms with E-state index in [4.69, 9.17) is 0 Å². The van der Waals surface area contributed by atoms with Crippen LogP contribution in [0.25, 0.3) is 0 Å². The highest BCUT2D eigenvalue weighted by Gasteiger charge is 2.08. The number of hydrogen-bond acceptors (Lipinski definition) is 3. The molecule has 0 fully saturated rings. The highest BCUT2D eigenvalue weighted by atomic mass is 16.3. The molecule has 25 heavy (non-hydrogen) atoms. The Balaban J connectivity index is 1.71. The van der Waals surface area contributed by atoms with Crippen LogP contribution in [0.5, 0.6) is 0 Å². The van der Waals surface area contributed by atoms with Gasteiger partial charge in [-0.15, -0.1) is 0 Å². The molecule has 5 heteroatoms. The molecule has 0 aliphatic heterocycles. The first-order chi connectivity index (χ1) is 12.0. The Hall–Kier alpha value is -2.53. The minimum atomic E-state index is -0.605. The molecule has 0 aliphatic carbocycles. The quantitative estimate of drug-likeness (QED) is 0.596. The first kappa shape index (κ1) is 18.8. The Bertz CT molecular complexity index is 659. The molecule has 134 valence electrons. The third-order valence-electron chi connectivity index (χ3n) is 3.65. The van der Waals surface area contributed by atoms with Gasteiger partial charge in [-0.1, -0.05) is 42.5 Å². The number of carbonyl (C=O) groups excluding carboxylic acids is 1. The molecule has 0 saturated heterocycles. The van der Waals surface area contributed by atoms with Gasteiger partial charge in [-0.2, -0.15) is 0 Å². The minimum absolute atomic E-state index is 0.218. The third kappa shape index (κ3) is 7.27. The fourth-order valence-corrected chi connectivity index (χ4v) is 2.52. The highest BCUT2D eigenvalue weighted by molar-refractivity contribution is 5.73. The van der Waals surface area contributed by atoms with Crippen LogP contribution < -0.4 is 16.0 Å². The predicted molar refractivity (Wildman–Crippen MR) is 102 cm³/mol. The van der Waals surface area contributed by atoms with Crippen LogP contribution in [-0.2, 0) is 13.0 Å². The maximum absolute atomic E-state index is 11.9. The Morgan fingerprint density at radius 2 is 1.72 bits per heavy atom. The van der Waals surface area contributed by atoms with Crippen LogP contribution in [0.2, 0.25) is 0 Å². The maximum atomic E-state index is 11.9. The van der Waals surface area contributed by atoms with E-state index in [9.17, 15) is 9.90 Å². The number of benzene rings is 2. The van der Waals surface area contributed by atoms with Gasteiger partial charge in [0.05, 0.1) is 6.10 Å². The van der Waals surface area contributed by atoms with E-state index in [0.29, 0.717) is 19.0 Å². The Labute approximate surface area is 149 Å². The second-order valence-electron chi connectivity index (χ2n) is 6.41. The number of amides is 2. The lowest BCUT2D eigenvalue weighted by Crippen LogP contribution is -2.40. The molecule has 2 aromatic carbocycles. The number of aliphatic hydroxyl groups excluding tert-OH is 1. The molecule has 4 N–H and O–H groups in total. The SMILES string of the molecule is CC(C)Nc1cccc(CNC(=O)NCC(O)Cc2ccccc2)c1. The summed E-state index contributed by atoms with van der Waals surface area (Å²) in [5.74, 6) is 0. The molecule has 0 saturated carbocycles. The van der Waals surface area contributed by atoms with Gasteiger partial charge in [-0.3, -0.25) is 0 Å². The zero-order chi connectivity index (χ0) is 18.1. The van der Waals surface area contributed by atoms with E-state index in [1.54, 1.807) is 0 Å². The Morgan fingerprint density at radius 3 is 2.44 bits per heavy atom. The molecular weight excluding hydrogens is 314 g/mol. The zero-order valence-electron chi connectivity index (χ0n) is 14.8. The molecule has 1 atom stereocenters. The van der Waals surface area contributed by atoms with E-state index in [1.807, 2.05) is 54.6 Å². The van der Waals surface area contributed by atoms with Crippen molar-refractivity contribution in [1.29, 1.82) is 0 Å². The van der Waals surface area contributed by atoms with Crippen LogP contribution in [0, 0.1) is 0 Å². The second-order valence-corrected chi connectivity index (χ2v) is 6.41. The van der Waals surface area contributed by atoms with Gasteiger partial charge in [0.15, 0.2) is 0 Å². The number of hydrogen-bond donors (Lipinski definition) is 4. The van der Waals surface area contributed by atoms with E-state index in [1.165, 1.54) is 0 Å². The molecule has 5 nitrogen and oxygen atoms in total. The normalized spacial score (nSPS) is 11.8. The number of aliphatic hydroxyl groups is 1. The van der Waals surface area contributed by atoms with Gasteiger partial charge in [0.2, 0.25) is 0 Å². The topological polar surface area (TPSA) is 73.4 Å². The number of rotatable bonds is 8. The molecule has 0 spiro atoms. The van der Waals surface area contributed by atoms with E-state index >= 15 is 0 Å². The summed E-state index contributed by atoms with van der Waals surface area (Å²) >= 11 is 0. The fourth-order valence-electron chi connectivity index (χ4n) is 2.52. The van der Waals surface area contributed by atoms with Crippen molar-refractivity contribution < 1.29 is 9.90 Å². The van der Waals surface area contributed by atoms with Crippen molar-refractivity contribution in [2.75, 3.05) is 11.9 Å². The molecule has 2 aromatic rings. The summed E-state index contributed by atoms with van der Waals surface area (Å²) in [7, 11) is 0. The third-order valence-corrected chi connectivity index (χ3v) is 3.65. The lowest BCUT2D eigenvalue weighted by atomic mass is 10.1. The van der Waals surface area contributed by atoms with Gasteiger partial charge in [0.25, 0.3) is 0 Å². The van der Waals surface area contributed by atoms with E-state index < -0.39 is 6.10 Å². The number of urea groups is 1. The smallest absolute Gasteiger partial charge is 0.315 e. The van der Waals surface area contributed by atoms with Crippen LogP contribution in [0.15, 0.2) is 54.6 Å². The van der Waals surface area contributed by atoms with Crippen LogP contribution in [-0.4, -0.2) is 29.8 Å². The maximum Gasteiger partial charge on any atom is 0.315 e. The van der Waals surface area contributed by atoms with Crippen molar-refractivity contribution >= 4 is 11.7 Å². The summed E-state index contributed by atoms with van der Waals surface area (Å²) in [5.41, 5.74) is 3.10. The number of carbonyl (C=O) groups is 1. The molecule has 0 heterocycles. The molecule has 0 aliphatic rings. The number of anilines is 1. The average Bonchev–Trinajstić information content (AvgIpc) is 2.59. The van der Waals surface area contributed by atoms with Crippen molar-refractivity contribution in [2.45, 2.75) is 39.0 Å². The van der Waals surface area contributed by atoms with Gasteiger partial charge >= 0.3 is 6.03 Å². The van der Waals surface area contributed by atoms with Crippen molar-refractivity contribution in [1.82, 2.24) is 10.6 Å². The summed E-state index contributed by atoms with van der Waals surface area (Å²) in [5, 5.41) is 18.9. The van der Waals surface area contributed by atoms with Gasteiger partial charge in [0, 0.05) is 31.2 Å². The van der Waals surface area contributed by atoms with Crippen molar-refractivity contribution in [3.8, 4) is 0 Å². The monoisotopic (exact) mass is 341 g/mol. The summed E-state index contributed by atoms with van der Waals surface area (Å²) in [4.78, 5) is 11.9. The van der Waals surface area contributed by atoms with Crippen molar-refractivity contribution in [3.63, 3.8) is 0 Å². The van der Waals surface area contributed by atoms with Gasteiger partial charge < -0.3 is 21.1 Å². The minimum Gasteiger partial charge on any atom is -0.391 e. The second kappa shape index (κ2) is 9.69. The molecular formula is C20H27N3O2. The van der Waals surface area contributed by atoms with Crippen molar-refractivity contribution in [2.24, 2.45) is 0 Å². The van der Waals surface area contributed by atoms with Crippen molar-refractivity contribution in [3.05, 3.63) is 65.7 Å². The lowest BCUT2D eigenvalue weighted by Gasteiger charge is -2.14. The van der Waals surface area contributed by atoms with Crippen LogP contribution in [0.3, 0.4) is 0 Å². The van der Waals surface area contributed by atoms with Crippen LogP contribution >= 0.6 is 0 Å². The Morgan fingerprint density at radius 1 is 1.00 bits per heavy atom. The van der Waals surface area contributed by atoms with Gasteiger partial charge in [-0.25, -0.2) is 4.79 Å². The molecule has 0 bridgehead atoms. The Kier molecular flexibility index (Phi) is 7.29. The highest BCUT2D eigenvalue weighted by Crippen LogP contribution is 2.11. The fraction of sp³-hybridized carbons (Fsp3) is 0.350. The van der Waals surface area contributed by atoms with E-state index in [0.717, 1.165) is 16.8 Å². The van der Waals surface area contributed by atoms with Crippen LogP contribution in [0.1, 0.15) is 25.0 Å². The molecule has 0 radical (unpaired) electrons. The first-order valence-corrected chi connectivity index (χ1v) is 8.62. The average molecular weight is 341 g/mol. The molecule has 2 rings (SSSR count). The summed E-state index contributed by atoms with van der Waals surface area (Å²) in [6, 6.07) is 17.8. The summed E-state index contributed by atoms with van der Waals surface area (Å²) in [6.45, 7) is 4.82. The molecule has 1 unspecified atom stereocenters. The largest absolute Gasteiger partial charge is 0.391 e. The summed E-state index contributed by atoms with van der Waals surface area (Å²) in [6.07, 6.45) is -0.0870. The van der Waals surface area contributed by atoms with Gasteiger partial charge in [-0.05, 0) is 37.1 Å². The van der Waals surface area contributed by atoms with Crippen LogP contribution in [0.4, 0.5) is 10.5 Å².